The molecule has 0 aliphatic carbocycles. The van der Waals surface area contributed by atoms with Crippen molar-refractivity contribution < 1.29 is 13.2 Å². The van der Waals surface area contributed by atoms with Crippen molar-refractivity contribution in [1.29, 1.82) is 5.26 Å². The molecule has 1 heterocycles. The number of sulfonamides is 1. The normalized spacial score (nSPS) is 11.2. The fourth-order valence-corrected chi connectivity index (χ4v) is 4.81. The van der Waals surface area contributed by atoms with Gasteiger partial charge in [0.25, 0.3) is 5.91 Å². The largest absolute Gasteiger partial charge is 0.321 e. The van der Waals surface area contributed by atoms with Crippen LogP contribution in [-0.2, 0) is 16.6 Å². The van der Waals surface area contributed by atoms with Crippen LogP contribution in [0, 0.1) is 11.3 Å². The summed E-state index contributed by atoms with van der Waals surface area (Å²) in [6, 6.07) is 19.1. The van der Waals surface area contributed by atoms with Crippen molar-refractivity contribution in [2.45, 2.75) is 11.4 Å². The Morgan fingerprint density at radius 3 is 2.46 bits per heavy atom. The molecular formula is C20H17N3O3S2. The molecule has 0 bridgehead atoms. The van der Waals surface area contributed by atoms with Gasteiger partial charge in [-0.15, -0.1) is 11.3 Å². The zero-order valence-electron chi connectivity index (χ0n) is 15.0. The number of benzene rings is 2. The molecular weight excluding hydrogens is 394 g/mol. The lowest BCUT2D eigenvalue weighted by molar-refractivity contribution is 0.103. The summed E-state index contributed by atoms with van der Waals surface area (Å²) in [6.07, 6.45) is 0. The summed E-state index contributed by atoms with van der Waals surface area (Å²) in [7, 11) is -2.19. The number of thiophene rings is 1. The third-order valence-electron chi connectivity index (χ3n) is 4.03. The number of nitrogens with one attached hydrogen (secondary N) is 1. The first-order valence-corrected chi connectivity index (χ1v) is 10.6. The zero-order chi connectivity index (χ0) is 20.1. The molecule has 6 nitrogen and oxygen atoms in total. The van der Waals surface area contributed by atoms with E-state index in [0.29, 0.717) is 11.3 Å². The van der Waals surface area contributed by atoms with Crippen LogP contribution < -0.4 is 5.32 Å². The highest BCUT2D eigenvalue weighted by atomic mass is 32.2. The second kappa shape index (κ2) is 8.35. The SMILES string of the molecule is CN(Cc1ccccc1)S(=O)(=O)c1csc(C(=O)Nc2ccc(C#N)cc2)c1. The maximum atomic E-state index is 12.8. The first-order valence-electron chi connectivity index (χ1n) is 8.30. The van der Waals surface area contributed by atoms with E-state index in [1.54, 1.807) is 24.3 Å². The van der Waals surface area contributed by atoms with Crippen molar-refractivity contribution >= 4 is 33.0 Å². The minimum atomic E-state index is -3.70. The average Bonchev–Trinajstić information content (AvgIpc) is 3.20. The highest BCUT2D eigenvalue weighted by Gasteiger charge is 2.24. The molecule has 0 saturated heterocycles. The Morgan fingerprint density at radius 2 is 1.82 bits per heavy atom. The van der Waals surface area contributed by atoms with Gasteiger partial charge in [-0.3, -0.25) is 4.79 Å². The molecule has 0 radical (unpaired) electrons. The molecule has 1 N–H and O–H groups in total. The van der Waals surface area contributed by atoms with E-state index in [2.05, 4.69) is 5.32 Å². The molecule has 0 aliphatic heterocycles. The first-order chi connectivity index (χ1) is 13.4. The van der Waals surface area contributed by atoms with Crippen molar-refractivity contribution in [2.75, 3.05) is 12.4 Å². The molecule has 0 aliphatic rings. The quantitative estimate of drug-likeness (QED) is 0.670. The Bertz CT molecular complexity index is 1120. The van der Waals surface area contributed by atoms with Crippen LogP contribution in [0.3, 0.4) is 0 Å². The Morgan fingerprint density at radius 1 is 1.14 bits per heavy atom. The Labute approximate surface area is 167 Å². The van der Waals surface area contributed by atoms with E-state index >= 15 is 0 Å². The van der Waals surface area contributed by atoms with Gasteiger partial charge in [-0.2, -0.15) is 9.57 Å². The van der Waals surface area contributed by atoms with Crippen LogP contribution in [0.5, 0.6) is 0 Å². The van der Waals surface area contributed by atoms with Gasteiger partial charge in [0, 0.05) is 24.7 Å². The van der Waals surface area contributed by atoms with E-state index in [-0.39, 0.29) is 16.3 Å². The van der Waals surface area contributed by atoms with Gasteiger partial charge in [0.05, 0.1) is 21.4 Å². The number of nitriles is 1. The number of rotatable bonds is 6. The maximum absolute atomic E-state index is 12.8. The zero-order valence-corrected chi connectivity index (χ0v) is 16.6. The van der Waals surface area contributed by atoms with Gasteiger partial charge in [0.2, 0.25) is 10.0 Å². The van der Waals surface area contributed by atoms with Crippen molar-refractivity contribution in [1.82, 2.24) is 4.31 Å². The van der Waals surface area contributed by atoms with E-state index in [1.165, 1.54) is 22.8 Å². The molecule has 3 aromatic rings. The molecule has 0 fully saturated rings. The van der Waals surface area contributed by atoms with E-state index in [9.17, 15) is 13.2 Å². The van der Waals surface area contributed by atoms with Gasteiger partial charge < -0.3 is 5.32 Å². The molecule has 0 spiro atoms. The third kappa shape index (κ3) is 4.46. The summed E-state index contributed by atoms with van der Waals surface area (Å²) in [5, 5.41) is 13.0. The predicted octanol–water partition coefficient (Wildman–Crippen LogP) is 3.69. The second-order valence-corrected chi connectivity index (χ2v) is 8.99. The number of amides is 1. The van der Waals surface area contributed by atoms with E-state index < -0.39 is 15.9 Å². The number of nitrogens with zero attached hydrogens (tertiary/aromatic N) is 2. The number of anilines is 1. The summed E-state index contributed by atoms with van der Waals surface area (Å²) in [5.41, 5.74) is 1.90. The second-order valence-electron chi connectivity index (χ2n) is 6.04. The van der Waals surface area contributed by atoms with Gasteiger partial charge in [0.15, 0.2) is 0 Å². The summed E-state index contributed by atoms with van der Waals surface area (Å²) < 4.78 is 26.8. The van der Waals surface area contributed by atoms with Crippen LogP contribution in [0.2, 0.25) is 0 Å². The van der Waals surface area contributed by atoms with E-state index in [1.807, 2.05) is 36.4 Å². The van der Waals surface area contributed by atoms with Crippen molar-refractivity contribution in [3.8, 4) is 6.07 Å². The lowest BCUT2D eigenvalue weighted by Gasteiger charge is -2.16. The van der Waals surface area contributed by atoms with Crippen LogP contribution in [0.4, 0.5) is 5.69 Å². The van der Waals surface area contributed by atoms with Crippen LogP contribution in [0.25, 0.3) is 0 Å². The highest BCUT2D eigenvalue weighted by molar-refractivity contribution is 7.89. The molecule has 142 valence electrons. The topological polar surface area (TPSA) is 90.3 Å². The minimum Gasteiger partial charge on any atom is -0.321 e. The van der Waals surface area contributed by atoms with E-state index in [0.717, 1.165) is 16.9 Å². The highest BCUT2D eigenvalue weighted by Crippen LogP contribution is 2.24. The average molecular weight is 412 g/mol. The van der Waals surface area contributed by atoms with Gasteiger partial charge in [-0.25, -0.2) is 8.42 Å². The molecule has 2 aromatic carbocycles. The molecule has 8 heteroatoms. The van der Waals surface area contributed by atoms with Gasteiger partial charge in [-0.05, 0) is 35.9 Å². The third-order valence-corrected chi connectivity index (χ3v) is 6.89. The van der Waals surface area contributed by atoms with Gasteiger partial charge in [0.1, 0.15) is 0 Å². The lowest BCUT2D eigenvalue weighted by atomic mass is 10.2. The maximum Gasteiger partial charge on any atom is 0.265 e. The molecule has 0 saturated carbocycles. The monoisotopic (exact) mass is 411 g/mol. The van der Waals surface area contributed by atoms with Crippen molar-refractivity contribution in [2.24, 2.45) is 0 Å². The minimum absolute atomic E-state index is 0.0842. The van der Waals surface area contributed by atoms with E-state index in [4.69, 9.17) is 5.26 Å². The number of hydrogen-bond donors (Lipinski definition) is 1. The standard InChI is InChI=1S/C20H17N3O3S2/c1-23(13-16-5-3-2-4-6-16)28(25,26)18-11-19(27-14-18)20(24)22-17-9-7-15(12-21)8-10-17/h2-11,14H,13H2,1H3,(H,22,24). The first kappa shape index (κ1) is 19.8. The summed E-state index contributed by atoms with van der Waals surface area (Å²) in [4.78, 5) is 12.8. The number of carbonyl (C=O) groups is 1. The molecule has 0 unspecified atom stereocenters. The van der Waals surface area contributed by atoms with Crippen LogP contribution in [0.1, 0.15) is 20.8 Å². The number of carbonyl (C=O) groups excluding carboxylic acids is 1. The fraction of sp³-hybridized carbons (Fsp3) is 0.100. The van der Waals surface area contributed by atoms with Crippen molar-refractivity contribution in [3.63, 3.8) is 0 Å². The predicted molar refractivity (Wildman–Crippen MR) is 109 cm³/mol. The molecule has 28 heavy (non-hydrogen) atoms. The molecule has 1 aromatic heterocycles. The Kier molecular flexibility index (Phi) is 5.90. The molecule has 0 atom stereocenters. The van der Waals surface area contributed by atoms with Crippen molar-refractivity contribution in [3.05, 3.63) is 82.0 Å². The fourth-order valence-electron chi connectivity index (χ4n) is 2.50. The van der Waals surface area contributed by atoms with Crippen LogP contribution in [0.15, 0.2) is 70.9 Å². The Hall–Kier alpha value is -2.99. The summed E-state index contributed by atoms with van der Waals surface area (Å²) >= 11 is 1.06. The van der Waals surface area contributed by atoms with Crippen LogP contribution in [-0.4, -0.2) is 25.7 Å². The molecule has 1 amide bonds. The summed E-state index contributed by atoms with van der Waals surface area (Å²) in [5.74, 6) is -0.401. The Balaban J connectivity index is 1.72. The smallest absolute Gasteiger partial charge is 0.265 e. The van der Waals surface area contributed by atoms with Crippen LogP contribution >= 0.6 is 11.3 Å². The van der Waals surface area contributed by atoms with Gasteiger partial charge >= 0.3 is 0 Å². The number of hydrogen-bond acceptors (Lipinski definition) is 5. The molecule has 3 rings (SSSR count). The summed E-state index contributed by atoms with van der Waals surface area (Å²) in [6.45, 7) is 0.242. The lowest BCUT2D eigenvalue weighted by Crippen LogP contribution is -2.26. The van der Waals surface area contributed by atoms with Gasteiger partial charge in [-0.1, -0.05) is 30.3 Å².